The first kappa shape index (κ1) is 13.6. The first-order valence-corrected chi connectivity index (χ1v) is 4.36. The Hall–Kier alpha value is -0.390. The molecule has 1 nitrogen and oxygen atoms in total. The molecule has 0 aromatic rings. The van der Waals surface area contributed by atoms with Crippen molar-refractivity contribution in [2.24, 2.45) is 0 Å². The maximum atomic E-state index is 12.4. The number of halogens is 5. The van der Waals surface area contributed by atoms with Gasteiger partial charge in [-0.15, -0.1) is 0 Å². The summed E-state index contributed by atoms with van der Waals surface area (Å²) in [5, 5.41) is 0. The smallest absolute Gasteiger partial charge is 0.346 e. The van der Waals surface area contributed by atoms with Gasteiger partial charge in [-0.3, -0.25) is 0 Å². The molecule has 0 N–H and O–H groups in total. The summed E-state index contributed by atoms with van der Waals surface area (Å²) in [6.07, 6.45) is -9.67. The van der Waals surface area contributed by atoms with Crippen LogP contribution < -0.4 is 0 Å². The lowest BCUT2D eigenvalue weighted by Crippen LogP contribution is -2.35. The Morgan fingerprint density at radius 1 is 1.14 bits per heavy atom. The minimum atomic E-state index is -5.19. The fourth-order valence-electron chi connectivity index (χ4n) is 0.781. The predicted molar refractivity (Wildman–Crippen MR) is 41.3 cm³/mol. The lowest BCUT2D eigenvalue weighted by atomic mass is 10.3. The second kappa shape index (κ2) is 6.16. The van der Waals surface area contributed by atoms with Crippen molar-refractivity contribution in [3.8, 4) is 0 Å². The van der Waals surface area contributed by atoms with Gasteiger partial charge in [0, 0.05) is 0 Å². The summed E-state index contributed by atoms with van der Waals surface area (Å²) in [6.45, 7) is 1.69. The Labute approximate surface area is 79.2 Å². The van der Waals surface area contributed by atoms with E-state index in [9.17, 15) is 22.0 Å². The van der Waals surface area contributed by atoms with E-state index in [1.54, 1.807) is 0 Å². The van der Waals surface area contributed by atoms with Crippen LogP contribution in [0.2, 0.25) is 0 Å². The first-order valence-electron chi connectivity index (χ1n) is 4.36. The quantitative estimate of drug-likeness (QED) is 0.492. The van der Waals surface area contributed by atoms with E-state index in [-0.39, 0.29) is 6.61 Å². The molecule has 86 valence electrons. The van der Waals surface area contributed by atoms with Crippen molar-refractivity contribution in [1.29, 1.82) is 0 Å². The monoisotopic (exact) mass is 220 g/mol. The highest BCUT2D eigenvalue weighted by molar-refractivity contribution is 4.68. The van der Waals surface area contributed by atoms with Gasteiger partial charge in [0.25, 0.3) is 6.17 Å². The van der Waals surface area contributed by atoms with Crippen molar-refractivity contribution in [2.45, 2.75) is 44.9 Å². The van der Waals surface area contributed by atoms with Gasteiger partial charge in [0.2, 0.25) is 6.36 Å². The van der Waals surface area contributed by atoms with E-state index in [1.807, 2.05) is 6.92 Å². The van der Waals surface area contributed by atoms with Gasteiger partial charge in [-0.25, -0.2) is 8.78 Å². The molecule has 14 heavy (non-hydrogen) atoms. The van der Waals surface area contributed by atoms with Gasteiger partial charge in [0.05, 0.1) is 6.61 Å². The van der Waals surface area contributed by atoms with Crippen LogP contribution in [-0.2, 0) is 4.74 Å². The molecule has 0 heterocycles. The fourth-order valence-corrected chi connectivity index (χ4v) is 0.781. The van der Waals surface area contributed by atoms with Crippen molar-refractivity contribution < 1.29 is 26.7 Å². The van der Waals surface area contributed by atoms with Crippen molar-refractivity contribution in [3.63, 3.8) is 0 Å². The van der Waals surface area contributed by atoms with Gasteiger partial charge in [-0.05, 0) is 6.42 Å². The fraction of sp³-hybridized carbons (Fsp3) is 1.00. The zero-order valence-electron chi connectivity index (χ0n) is 7.78. The SMILES string of the molecule is CCCCCOC(F)C(F)C(F)(F)F. The van der Waals surface area contributed by atoms with E-state index in [0.717, 1.165) is 12.8 Å². The maximum absolute atomic E-state index is 12.4. The van der Waals surface area contributed by atoms with Crippen LogP contribution in [0.3, 0.4) is 0 Å². The van der Waals surface area contributed by atoms with E-state index < -0.39 is 18.7 Å². The molecule has 0 aromatic heterocycles. The Morgan fingerprint density at radius 2 is 1.71 bits per heavy atom. The molecule has 0 aliphatic heterocycles. The van der Waals surface area contributed by atoms with Crippen LogP contribution in [-0.4, -0.2) is 25.3 Å². The maximum Gasteiger partial charge on any atom is 0.425 e. The molecule has 0 saturated heterocycles. The number of rotatable bonds is 6. The second-order valence-corrected chi connectivity index (χ2v) is 2.87. The van der Waals surface area contributed by atoms with Gasteiger partial charge >= 0.3 is 6.18 Å². The van der Waals surface area contributed by atoms with Gasteiger partial charge in [-0.2, -0.15) is 13.2 Å². The summed E-state index contributed by atoms with van der Waals surface area (Å²) in [5.74, 6) is 0. The van der Waals surface area contributed by atoms with Crippen LogP contribution in [0.1, 0.15) is 26.2 Å². The number of hydrogen-bond acceptors (Lipinski definition) is 1. The van der Waals surface area contributed by atoms with Crippen molar-refractivity contribution in [2.75, 3.05) is 6.61 Å². The molecule has 2 atom stereocenters. The van der Waals surface area contributed by atoms with Gasteiger partial charge in [-0.1, -0.05) is 19.8 Å². The third-order valence-corrected chi connectivity index (χ3v) is 1.57. The van der Waals surface area contributed by atoms with E-state index in [4.69, 9.17) is 0 Å². The average Bonchev–Trinajstić information content (AvgIpc) is 2.09. The molecule has 0 fully saturated rings. The lowest BCUT2D eigenvalue weighted by molar-refractivity contribution is -0.235. The van der Waals surface area contributed by atoms with Gasteiger partial charge in [0.1, 0.15) is 0 Å². The minimum Gasteiger partial charge on any atom is -0.346 e. The normalized spacial score (nSPS) is 16.7. The predicted octanol–water partition coefficient (Wildman–Crippen LogP) is 3.39. The third-order valence-electron chi connectivity index (χ3n) is 1.57. The second-order valence-electron chi connectivity index (χ2n) is 2.87. The molecule has 2 unspecified atom stereocenters. The number of alkyl halides is 5. The summed E-state index contributed by atoms with van der Waals surface area (Å²) in [7, 11) is 0. The molecule has 0 aliphatic rings. The molecule has 0 bridgehead atoms. The Bertz CT molecular complexity index is 147. The van der Waals surface area contributed by atoms with Crippen LogP contribution in [0.15, 0.2) is 0 Å². The first-order chi connectivity index (χ1) is 6.39. The molecule has 0 radical (unpaired) electrons. The van der Waals surface area contributed by atoms with Gasteiger partial charge < -0.3 is 4.74 Å². The van der Waals surface area contributed by atoms with Gasteiger partial charge in [0.15, 0.2) is 0 Å². The minimum absolute atomic E-state index is 0.189. The van der Waals surface area contributed by atoms with Crippen molar-refractivity contribution in [1.82, 2.24) is 0 Å². The van der Waals surface area contributed by atoms with E-state index in [0.29, 0.717) is 6.42 Å². The summed E-state index contributed by atoms with van der Waals surface area (Å²) in [5.41, 5.74) is 0. The summed E-state index contributed by atoms with van der Waals surface area (Å²) < 4.78 is 63.4. The highest BCUT2D eigenvalue weighted by Crippen LogP contribution is 2.27. The molecular formula is C8H13F5O. The summed E-state index contributed by atoms with van der Waals surface area (Å²) in [4.78, 5) is 0. The summed E-state index contributed by atoms with van der Waals surface area (Å²) >= 11 is 0. The summed E-state index contributed by atoms with van der Waals surface area (Å²) in [6, 6.07) is 0. The number of hydrogen-bond donors (Lipinski definition) is 0. The molecule has 0 rings (SSSR count). The largest absolute Gasteiger partial charge is 0.425 e. The number of ether oxygens (including phenoxy) is 1. The number of unbranched alkanes of at least 4 members (excludes halogenated alkanes) is 2. The van der Waals surface area contributed by atoms with Crippen molar-refractivity contribution in [3.05, 3.63) is 0 Å². The Kier molecular flexibility index (Phi) is 5.99. The Morgan fingerprint density at radius 3 is 2.14 bits per heavy atom. The van der Waals surface area contributed by atoms with Crippen LogP contribution >= 0.6 is 0 Å². The molecule has 0 spiro atoms. The lowest BCUT2D eigenvalue weighted by Gasteiger charge is -2.16. The van der Waals surface area contributed by atoms with Crippen LogP contribution in [0, 0.1) is 0 Å². The topological polar surface area (TPSA) is 9.23 Å². The van der Waals surface area contributed by atoms with Crippen molar-refractivity contribution >= 4 is 0 Å². The standard InChI is InChI=1S/C8H13F5O/c1-2-3-4-5-14-7(10)6(9)8(11,12)13/h6-7H,2-5H2,1H3. The zero-order chi connectivity index (χ0) is 11.2. The van der Waals surface area contributed by atoms with Crippen LogP contribution in [0.5, 0.6) is 0 Å². The zero-order valence-corrected chi connectivity index (χ0v) is 7.78. The molecule has 0 aromatic carbocycles. The van der Waals surface area contributed by atoms with E-state index in [2.05, 4.69) is 4.74 Å². The third kappa shape index (κ3) is 5.36. The van der Waals surface area contributed by atoms with E-state index >= 15 is 0 Å². The van der Waals surface area contributed by atoms with Crippen LogP contribution in [0.25, 0.3) is 0 Å². The molecule has 0 saturated carbocycles. The molecular weight excluding hydrogens is 207 g/mol. The van der Waals surface area contributed by atoms with E-state index in [1.165, 1.54) is 0 Å². The molecule has 0 aliphatic carbocycles. The molecule has 6 heteroatoms. The Balaban J connectivity index is 3.68. The highest BCUT2D eigenvalue weighted by atomic mass is 19.4. The van der Waals surface area contributed by atoms with Crippen LogP contribution in [0.4, 0.5) is 22.0 Å². The molecule has 0 amide bonds. The average molecular weight is 220 g/mol. The highest BCUT2D eigenvalue weighted by Gasteiger charge is 2.46.